The summed E-state index contributed by atoms with van der Waals surface area (Å²) in [6, 6.07) is 8.53. The molecule has 0 saturated carbocycles. The van der Waals surface area contributed by atoms with Gasteiger partial charge in [0.05, 0.1) is 6.04 Å². The number of aromatic nitrogens is 2. The molecule has 0 spiro atoms. The highest BCUT2D eigenvalue weighted by Crippen LogP contribution is 2.21. The van der Waals surface area contributed by atoms with Crippen LogP contribution in [0.3, 0.4) is 0 Å². The van der Waals surface area contributed by atoms with E-state index in [-0.39, 0.29) is 6.04 Å². The normalized spacial score (nSPS) is 12.7. The van der Waals surface area contributed by atoms with Crippen LogP contribution in [0.25, 0.3) is 0 Å². The van der Waals surface area contributed by atoms with Crippen LogP contribution in [0.2, 0.25) is 0 Å². The summed E-state index contributed by atoms with van der Waals surface area (Å²) in [6.07, 6.45) is 3.80. The molecule has 2 N–H and O–H groups in total. The molecule has 1 aromatic heterocycles. The quantitative estimate of drug-likeness (QED) is 0.851. The predicted molar refractivity (Wildman–Crippen MR) is 65.3 cm³/mol. The molecule has 16 heavy (non-hydrogen) atoms. The van der Waals surface area contributed by atoms with Crippen LogP contribution in [-0.2, 0) is 0 Å². The van der Waals surface area contributed by atoms with Crippen LogP contribution in [0.1, 0.15) is 23.0 Å². The van der Waals surface area contributed by atoms with Gasteiger partial charge in [-0.1, -0.05) is 24.3 Å². The SMILES string of the molecule is Cc1ccccc1C(CN)n1ccnc1C. The number of aryl methyl sites for hydroxylation is 2. The fraction of sp³-hybridized carbons (Fsp3) is 0.308. The van der Waals surface area contributed by atoms with Gasteiger partial charge in [-0.25, -0.2) is 4.98 Å². The molecule has 2 aromatic rings. The molecule has 0 bridgehead atoms. The Balaban J connectivity index is 2.45. The van der Waals surface area contributed by atoms with Crippen LogP contribution in [-0.4, -0.2) is 16.1 Å². The average Bonchev–Trinajstić information content (AvgIpc) is 2.69. The second kappa shape index (κ2) is 4.49. The summed E-state index contributed by atoms with van der Waals surface area (Å²) in [7, 11) is 0. The van der Waals surface area contributed by atoms with Crippen molar-refractivity contribution in [2.45, 2.75) is 19.9 Å². The molecule has 1 heterocycles. The lowest BCUT2D eigenvalue weighted by Gasteiger charge is -2.20. The zero-order chi connectivity index (χ0) is 11.5. The highest BCUT2D eigenvalue weighted by molar-refractivity contribution is 5.30. The van der Waals surface area contributed by atoms with Gasteiger partial charge in [-0.05, 0) is 25.0 Å². The second-order valence-corrected chi connectivity index (χ2v) is 3.99. The Labute approximate surface area is 95.9 Å². The Morgan fingerprint density at radius 2 is 2.06 bits per heavy atom. The minimum Gasteiger partial charge on any atom is -0.328 e. The van der Waals surface area contributed by atoms with Crippen LogP contribution in [0.5, 0.6) is 0 Å². The Hall–Kier alpha value is -1.61. The molecular weight excluding hydrogens is 198 g/mol. The first-order valence-electron chi connectivity index (χ1n) is 5.49. The maximum Gasteiger partial charge on any atom is 0.106 e. The highest BCUT2D eigenvalue weighted by Gasteiger charge is 2.14. The van der Waals surface area contributed by atoms with E-state index in [1.807, 2.05) is 25.4 Å². The molecule has 0 saturated heterocycles. The van der Waals surface area contributed by atoms with Crippen LogP contribution >= 0.6 is 0 Å². The lowest BCUT2D eigenvalue weighted by atomic mass is 10.0. The summed E-state index contributed by atoms with van der Waals surface area (Å²) in [5.41, 5.74) is 8.42. The smallest absolute Gasteiger partial charge is 0.106 e. The van der Waals surface area contributed by atoms with E-state index in [4.69, 9.17) is 5.73 Å². The van der Waals surface area contributed by atoms with E-state index in [0.29, 0.717) is 6.54 Å². The minimum absolute atomic E-state index is 0.184. The summed E-state index contributed by atoms with van der Waals surface area (Å²) >= 11 is 0. The Bertz CT molecular complexity index is 474. The number of hydrogen-bond donors (Lipinski definition) is 1. The summed E-state index contributed by atoms with van der Waals surface area (Å²) in [5, 5.41) is 0. The highest BCUT2D eigenvalue weighted by atomic mass is 15.1. The molecule has 2 rings (SSSR count). The maximum absolute atomic E-state index is 5.89. The van der Waals surface area contributed by atoms with Crippen molar-refractivity contribution in [2.75, 3.05) is 6.54 Å². The number of benzene rings is 1. The zero-order valence-electron chi connectivity index (χ0n) is 9.72. The van der Waals surface area contributed by atoms with Gasteiger partial charge in [-0.3, -0.25) is 0 Å². The Morgan fingerprint density at radius 3 is 2.62 bits per heavy atom. The number of nitrogens with zero attached hydrogens (tertiary/aromatic N) is 2. The van der Waals surface area contributed by atoms with E-state index in [1.54, 1.807) is 0 Å². The maximum atomic E-state index is 5.89. The molecule has 0 aliphatic carbocycles. The number of nitrogens with two attached hydrogens (primary N) is 1. The molecule has 1 atom stereocenters. The number of imidazole rings is 1. The summed E-state index contributed by atoms with van der Waals surface area (Å²) < 4.78 is 2.13. The summed E-state index contributed by atoms with van der Waals surface area (Å²) in [4.78, 5) is 4.25. The molecular formula is C13H17N3. The van der Waals surface area contributed by atoms with Crippen molar-refractivity contribution in [3.05, 3.63) is 53.6 Å². The minimum atomic E-state index is 0.184. The fourth-order valence-corrected chi connectivity index (χ4v) is 2.07. The third kappa shape index (κ3) is 1.86. The van der Waals surface area contributed by atoms with E-state index in [1.165, 1.54) is 11.1 Å². The van der Waals surface area contributed by atoms with Gasteiger partial charge in [-0.2, -0.15) is 0 Å². The predicted octanol–water partition coefficient (Wildman–Crippen LogP) is 2.05. The fourth-order valence-electron chi connectivity index (χ4n) is 2.07. The van der Waals surface area contributed by atoms with E-state index in [9.17, 15) is 0 Å². The molecule has 0 fully saturated rings. The molecule has 0 amide bonds. The molecule has 0 radical (unpaired) electrons. The van der Waals surface area contributed by atoms with Crippen LogP contribution < -0.4 is 5.73 Å². The second-order valence-electron chi connectivity index (χ2n) is 3.99. The lowest BCUT2D eigenvalue weighted by molar-refractivity contribution is 0.576. The van der Waals surface area contributed by atoms with Crippen LogP contribution in [0, 0.1) is 13.8 Å². The zero-order valence-corrected chi connectivity index (χ0v) is 9.72. The summed E-state index contributed by atoms with van der Waals surface area (Å²) in [6.45, 7) is 4.70. The van der Waals surface area contributed by atoms with Crippen LogP contribution in [0.15, 0.2) is 36.7 Å². The van der Waals surface area contributed by atoms with Gasteiger partial charge in [0, 0.05) is 18.9 Å². The molecule has 1 aromatic carbocycles. The van der Waals surface area contributed by atoms with Gasteiger partial charge in [0.15, 0.2) is 0 Å². The molecule has 0 aliphatic rings. The Kier molecular flexibility index (Phi) is 3.06. The van der Waals surface area contributed by atoms with Gasteiger partial charge in [0.25, 0.3) is 0 Å². The number of hydrogen-bond acceptors (Lipinski definition) is 2. The van der Waals surface area contributed by atoms with Crippen molar-refractivity contribution in [1.82, 2.24) is 9.55 Å². The van der Waals surface area contributed by atoms with Gasteiger partial charge in [0.1, 0.15) is 5.82 Å². The van der Waals surface area contributed by atoms with Gasteiger partial charge >= 0.3 is 0 Å². The Morgan fingerprint density at radius 1 is 1.31 bits per heavy atom. The third-order valence-electron chi connectivity index (χ3n) is 2.97. The largest absolute Gasteiger partial charge is 0.328 e. The first-order valence-corrected chi connectivity index (χ1v) is 5.49. The molecule has 1 unspecified atom stereocenters. The van der Waals surface area contributed by atoms with Crippen molar-refractivity contribution in [3.8, 4) is 0 Å². The molecule has 0 aliphatic heterocycles. The third-order valence-corrected chi connectivity index (χ3v) is 2.97. The van der Waals surface area contributed by atoms with Crippen molar-refractivity contribution < 1.29 is 0 Å². The van der Waals surface area contributed by atoms with Crippen molar-refractivity contribution in [1.29, 1.82) is 0 Å². The molecule has 84 valence electrons. The lowest BCUT2D eigenvalue weighted by Crippen LogP contribution is -2.21. The monoisotopic (exact) mass is 215 g/mol. The van der Waals surface area contributed by atoms with E-state index >= 15 is 0 Å². The van der Waals surface area contributed by atoms with Gasteiger partial charge in [0.2, 0.25) is 0 Å². The summed E-state index contributed by atoms with van der Waals surface area (Å²) in [5.74, 6) is 0.999. The van der Waals surface area contributed by atoms with Crippen molar-refractivity contribution >= 4 is 0 Å². The topological polar surface area (TPSA) is 43.8 Å². The molecule has 3 heteroatoms. The van der Waals surface area contributed by atoms with E-state index < -0.39 is 0 Å². The van der Waals surface area contributed by atoms with Gasteiger partial charge < -0.3 is 10.3 Å². The van der Waals surface area contributed by atoms with E-state index in [2.05, 4.69) is 34.7 Å². The average molecular weight is 215 g/mol. The first kappa shape index (κ1) is 10.9. The van der Waals surface area contributed by atoms with Crippen molar-refractivity contribution in [3.63, 3.8) is 0 Å². The first-order chi connectivity index (χ1) is 7.74. The standard InChI is InChI=1S/C13H17N3/c1-10-5-3-4-6-12(10)13(9-14)16-8-7-15-11(16)2/h3-8,13H,9,14H2,1-2H3. The molecule has 3 nitrogen and oxygen atoms in total. The number of rotatable bonds is 3. The van der Waals surface area contributed by atoms with Gasteiger partial charge in [-0.15, -0.1) is 0 Å². The van der Waals surface area contributed by atoms with Crippen molar-refractivity contribution in [2.24, 2.45) is 5.73 Å². The van der Waals surface area contributed by atoms with Crippen LogP contribution in [0.4, 0.5) is 0 Å². The van der Waals surface area contributed by atoms with E-state index in [0.717, 1.165) is 5.82 Å².